The summed E-state index contributed by atoms with van der Waals surface area (Å²) >= 11 is 0. The van der Waals surface area contributed by atoms with E-state index in [1.807, 2.05) is 0 Å². The second kappa shape index (κ2) is 8.53. The summed E-state index contributed by atoms with van der Waals surface area (Å²) in [4.78, 5) is 0. The van der Waals surface area contributed by atoms with Crippen LogP contribution in [0.3, 0.4) is 0 Å². The monoisotopic (exact) mass is 486 g/mol. The van der Waals surface area contributed by atoms with E-state index >= 15 is 0 Å². The van der Waals surface area contributed by atoms with Crippen LogP contribution in [0.4, 0.5) is 0 Å². The van der Waals surface area contributed by atoms with Crippen LogP contribution in [-0.2, 0) is 21.7 Å². The molecule has 0 aromatic heterocycles. The fourth-order valence-corrected chi connectivity index (χ4v) is 6.52. The molecule has 0 N–H and O–H groups in total. The number of benzene rings is 2. The summed E-state index contributed by atoms with van der Waals surface area (Å²) in [7, 11) is 0. The molecular formula is C28H32Cl2Ti. The van der Waals surface area contributed by atoms with E-state index < -0.39 is 0 Å². The molecular weight excluding hydrogens is 455 g/mol. The Hall–Kier alpha value is -0.786. The molecule has 31 heavy (non-hydrogen) atoms. The van der Waals surface area contributed by atoms with Crippen molar-refractivity contribution in [3.05, 3.63) is 83.0 Å². The molecule has 3 aliphatic carbocycles. The van der Waals surface area contributed by atoms with E-state index in [1.165, 1.54) is 34.2 Å². The molecule has 0 spiro atoms. The molecule has 0 radical (unpaired) electrons. The maximum Gasteiger partial charge on any atom is 2.00 e. The smallest absolute Gasteiger partial charge is 1.00 e. The minimum Gasteiger partial charge on any atom is -1.00 e. The van der Waals surface area contributed by atoms with Crippen LogP contribution >= 0.6 is 0 Å². The van der Waals surface area contributed by atoms with E-state index in [-0.39, 0.29) is 62.8 Å². The molecule has 0 amide bonds. The molecule has 2 unspecified atom stereocenters. The van der Waals surface area contributed by atoms with Crippen LogP contribution in [0.2, 0.25) is 0 Å². The van der Waals surface area contributed by atoms with Gasteiger partial charge in [0.25, 0.3) is 0 Å². The van der Waals surface area contributed by atoms with Crippen molar-refractivity contribution in [1.82, 2.24) is 0 Å². The van der Waals surface area contributed by atoms with E-state index in [1.54, 1.807) is 5.57 Å². The first-order valence-electron chi connectivity index (χ1n) is 10.8. The second-order valence-corrected chi connectivity index (χ2v) is 11.1. The third-order valence-corrected chi connectivity index (χ3v) is 7.67. The molecule has 2 aromatic carbocycles. The maximum atomic E-state index is 2.62. The van der Waals surface area contributed by atoms with Crippen LogP contribution in [0.1, 0.15) is 65.0 Å². The van der Waals surface area contributed by atoms with Crippen LogP contribution < -0.4 is 24.8 Å². The molecule has 1 saturated carbocycles. The molecule has 3 heteroatoms. The number of allylic oxidation sites excluding steroid dienone is 4. The summed E-state index contributed by atoms with van der Waals surface area (Å²) in [5, 5.41) is 0. The second-order valence-electron chi connectivity index (χ2n) is 11.1. The first kappa shape index (κ1) is 26.5. The van der Waals surface area contributed by atoms with Crippen LogP contribution in [0.25, 0.3) is 11.1 Å². The SMILES string of the molecule is CC(C)(C)C1=CC2C(=C1)C(C)(C)CC2(C)C1c2ccccc2-c2ccccc21.[Cl-].[Cl-].[Ti+2]. The van der Waals surface area contributed by atoms with Crippen molar-refractivity contribution in [2.24, 2.45) is 22.2 Å². The van der Waals surface area contributed by atoms with Crippen molar-refractivity contribution in [3.8, 4) is 11.1 Å². The summed E-state index contributed by atoms with van der Waals surface area (Å²) in [5.74, 6) is 0.992. The Kier molecular flexibility index (Phi) is 7.28. The molecule has 0 nitrogen and oxygen atoms in total. The summed E-state index contributed by atoms with van der Waals surface area (Å²) in [6.45, 7) is 14.5. The van der Waals surface area contributed by atoms with Gasteiger partial charge in [0.15, 0.2) is 0 Å². The molecule has 2 aromatic rings. The number of fused-ring (bicyclic) bond motifs is 4. The Morgan fingerprint density at radius 3 is 1.77 bits per heavy atom. The van der Waals surface area contributed by atoms with Gasteiger partial charge in [-0.05, 0) is 50.5 Å². The predicted octanol–water partition coefficient (Wildman–Crippen LogP) is 1.77. The molecule has 3 aliphatic rings. The quantitative estimate of drug-likeness (QED) is 0.539. The van der Waals surface area contributed by atoms with Crippen LogP contribution in [0, 0.1) is 22.2 Å². The van der Waals surface area contributed by atoms with Gasteiger partial charge >= 0.3 is 21.7 Å². The average Bonchev–Trinajstić information content (AvgIpc) is 3.26. The van der Waals surface area contributed by atoms with Crippen molar-refractivity contribution >= 4 is 0 Å². The summed E-state index contributed by atoms with van der Waals surface area (Å²) < 4.78 is 0. The van der Waals surface area contributed by atoms with Gasteiger partial charge in [-0.25, -0.2) is 0 Å². The zero-order chi connectivity index (χ0) is 19.9. The van der Waals surface area contributed by atoms with Gasteiger partial charge in [0, 0.05) is 11.8 Å². The van der Waals surface area contributed by atoms with Crippen molar-refractivity contribution in [1.29, 1.82) is 0 Å². The Morgan fingerprint density at radius 2 is 1.29 bits per heavy atom. The zero-order valence-corrected chi connectivity index (χ0v) is 22.5. The maximum absolute atomic E-state index is 2.62. The molecule has 0 heterocycles. The molecule has 0 saturated heterocycles. The molecule has 0 bridgehead atoms. The van der Waals surface area contributed by atoms with Crippen LogP contribution in [0.15, 0.2) is 71.8 Å². The topological polar surface area (TPSA) is 0 Å². The van der Waals surface area contributed by atoms with Gasteiger partial charge in [0.1, 0.15) is 0 Å². The van der Waals surface area contributed by atoms with Gasteiger partial charge < -0.3 is 24.8 Å². The van der Waals surface area contributed by atoms with Crippen molar-refractivity contribution in [2.45, 2.75) is 53.9 Å². The number of hydrogen-bond donors (Lipinski definition) is 0. The number of halogens is 2. The summed E-state index contributed by atoms with van der Waals surface area (Å²) in [6, 6.07) is 18.2. The fourth-order valence-electron chi connectivity index (χ4n) is 6.52. The molecule has 2 atom stereocenters. The van der Waals surface area contributed by atoms with Crippen molar-refractivity contribution < 1.29 is 46.5 Å². The first-order valence-corrected chi connectivity index (χ1v) is 10.8. The minimum absolute atomic E-state index is 0. The first-order chi connectivity index (χ1) is 13.1. The van der Waals surface area contributed by atoms with E-state index in [4.69, 9.17) is 0 Å². The van der Waals surface area contributed by atoms with Crippen LogP contribution in [-0.4, -0.2) is 0 Å². The third-order valence-electron chi connectivity index (χ3n) is 7.67. The Labute approximate surface area is 215 Å². The van der Waals surface area contributed by atoms with E-state index in [0.717, 1.165) is 0 Å². The number of rotatable bonds is 1. The van der Waals surface area contributed by atoms with Gasteiger partial charge in [0.2, 0.25) is 0 Å². The summed E-state index contributed by atoms with van der Waals surface area (Å²) in [5.41, 5.74) is 9.77. The van der Waals surface area contributed by atoms with E-state index in [9.17, 15) is 0 Å². The van der Waals surface area contributed by atoms with E-state index in [0.29, 0.717) is 11.8 Å². The summed E-state index contributed by atoms with van der Waals surface area (Å²) in [6.07, 6.45) is 6.40. The predicted molar refractivity (Wildman–Crippen MR) is 119 cm³/mol. The molecule has 0 aliphatic heterocycles. The third kappa shape index (κ3) is 3.82. The molecule has 162 valence electrons. The Morgan fingerprint density at radius 1 is 0.806 bits per heavy atom. The van der Waals surface area contributed by atoms with Crippen molar-refractivity contribution in [3.63, 3.8) is 0 Å². The van der Waals surface area contributed by atoms with Gasteiger partial charge in [0.05, 0.1) is 0 Å². The van der Waals surface area contributed by atoms with Crippen molar-refractivity contribution in [2.75, 3.05) is 0 Å². The van der Waals surface area contributed by atoms with E-state index in [2.05, 4.69) is 102 Å². The zero-order valence-electron chi connectivity index (χ0n) is 19.4. The number of hydrogen-bond acceptors (Lipinski definition) is 0. The fraction of sp³-hybridized carbons (Fsp3) is 0.429. The molecule has 5 rings (SSSR count). The average molecular weight is 487 g/mol. The van der Waals surface area contributed by atoms with Gasteiger partial charge in [-0.1, -0.05) is 108 Å². The largest absolute Gasteiger partial charge is 2.00 e. The standard InChI is InChI=1S/C28H32.2ClH.Ti/c1-26(2,3)18-15-23-24(16-18)28(6,17-27(23,4)5)25-21-13-9-7-11-19(21)20-12-8-10-14-22(20)25;;;/h7-16,24-25H,17H2,1-6H3;2*1H;/q;;;+2/p-2. The van der Waals surface area contributed by atoms with Gasteiger partial charge in [-0.2, -0.15) is 0 Å². The van der Waals surface area contributed by atoms with Crippen LogP contribution in [0.5, 0.6) is 0 Å². The normalized spacial score (nSPS) is 25.2. The Bertz CT molecular complexity index is 995. The molecule has 1 fully saturated rings. The Balaban J connectivity index is 0.00000114. The minimum atomic E-state index is 0. The van der Waals surface area contributed by atoms with Gasteiger partial charge in [-0.3, -0.25) is 0 Å². The van der Waals surface area contributed by atoms with Gasteiger partial charge in [-0.15, -0.1) is 0 Å².